The number of carboxylic acids is 1. The van der Waals surface area contributed by atoms with Gasteiger partial charge in [0.25, 0.3) is 0 Å². The van der Waals surface area contributed by atoms with Crippen molar-refractivity contribution >= 4 is 29.5 Å². The lowest BCUT2D eigenvalue weighted by Gasteiger charge is -2.27. The summed E-state index contributed by atoms with van der Waals surface area (Å²) < 4.78 is 7.04. The van der Waals surface area contributed by atoms with Gasteiger partial charge in [-0.2, -0.15) is 0 Å². The van der Waals surface area contributed by atoms with Crippen LogP contribution in [0.15, 0.2) is 12.1 Å². The summed E-state index contributed by atoms with van der Waals surface area (Å²) in [5, 5.41) is 23.3. The molecule has 0 aromatic carbocycles. The van der Waals surface area contributed by atoms with Crippen molar-refractivity contribution in [3.8, 4) is 11.4 Å². The number of carboxylic acid groups (broad SMARTS) is 1. The van der Waals surface area contributed by atoms with Crippen molar-refractivity contribution in [3.05, 3.63) is 17.8 Å². The van der Waals surface area contributed by atoms with E-state index in [4.69, 9.17) is 4.74 Å². The molecule has 2 aromatic rings. The molecule has 194 valence electrons. The third kappa shape index (κ3) is 5.66. The van der Waals surface area contributed by atoms with Gasteiger partial charge in [-0.05, 0) is 57.6 Å². The van der Waals surface area contributed by atoms with E-state index in [1.807, 2.05) is 6.92 Å². The summed E-state index contributed by atoms with van der Waals surface area (Å²) in [7, 11) is 1.66. The van der Waals surface area contributed by atoms with Crippen molar-refractivity contribution in [2.45, 2.75) is 71.3 Å². The predicted molar refractivity (Wildman–Crippen MR) is 132 cm³/mol. The van der Waals surface area contributed by atoms with E-state index in [0.29, 0.717) is 47.3 Å². The summed E-state index contributed by atoms with van der Waals surface area (Å²) in [5.41, 5.74) is 1.89. The third-order valence-corrected chi connectivity index (χ3v) is 7.41. The Hall–Kier alpha value is -3.50. The molecule has 36 heavy (non-hydrogen) atoms. The van der Waals surface area contributed by atoms with Gasteiger partial charge in [0.1, 0.15) is 6.10 Å². The van der Waals surface area contributed by atoms with Gasteiger partial charge in [-0.3, -0.25) is 14.9 Å². The fraction of sp³-hybridized carbons (Fsp3) is 0.600. The number of carbonyl (C=O) groups is 3. The van der Waals surface area contributed by atoms with E-state index < -0.39 is 23.9 Å². The van der Waals surface area contributed by atoms with Gasteiger partial charge in [-0.15, -0.1) is 5.10 Å². The van der Waals surface area contributed by atoms with E-state index in [1.165, 1.54) is 4.68 Å². The van der Waals surface area contributed by atoms with Gasteiger partial charge in [0, 0.05) is 7.05 Å². The summed E-state index contributed by atoms with van der Waals surface area (Å²) in [6.07, 6.45) is 6.43. The molecule has 0 bridgehead atoms. The topological polar surface area (TPSA) is 148 Å². The number of rotatable bonds is 7. The molecule has 0 saturated heterocycles. The monoisotopic (exact) mass is 498 g/mol. The number of aryl methyl sites for hydroxylation is 2. The van der Waals surface area contributed by atoms with E-state index in [1.54, 1.807) is 26.1 Å². The number of nitrogens with one attached hydrogen (secondary N) is 2. The second-order valence-corrected chi connectivity index (χ2v) is 9.84. The SMILES string of the molecule is Cc1nc(-c2nnn(C)c2NC(=O)O[C@H](C)C2CCCC2)ccc1NC(=O)[C@H]1CCCC[C@@H]1C(=O)O. The fourth-order valence-electron chi connectivity index (χ4n) is 5.28. The van der Waals surface area contributed by atoms with Crippen LogP contribution in [-0.2, 0) is 21.4 Å². The van der Waals surface area contributed by atoms with Gasteiger partial charge >= 0.3 is 12.1 Å². The maximum Gasteiger partial charge on any atom is 0.413 e. The summed E-state index contributed by atoms with van der Waals surface area (Å²) >= 11 is 0. The van der Waals surface area contributed by atoms with Crippen LogP contribution in [0.3, 0.4) is 0 Å². The molecule has 2 aliphatic carbocycles. The Kier molecular flexibility index (Phi) is 7.85. The molecule has 2 saturated carbocycles. The van der Waals surface area contributed by atoms with Gasteiger partial charge in [-0.25, -0.2) is 14.5 Å². The van der Waals surface area contributed by atoms with E-state index in [2.05, 4.69) is 25.9 Å². The molecule has 0 spiro atoms. The Morgan fingerprint density at radius 2 is 1.72 bits per heavy atom. The molecule has 3 atom stereocenters. The third-order valence-electron chi connectivity index (χ3n) is 7.41. The van der Waals surface area contributed by atoms with Crippen molar-refractivity contribution in [1.82, 2.24) is 20.0 Å². The number of aliphatic carboxylic acids is 1. The number of carbonyl (C=O) groups excluding carboxylic acids is 2. The molecule has 2 amide bonds. The van der Waals surface area contributed by atoms with Crippen LogP contribution in [-0.4, -0.2) is 49.2 Å². The number of nitrogens with zero attached hydrogens (tertiary/aromatic N) is 4. The first-order valence-corrected chi connectivity index (χ1v) is 12.6. The Morgan fingerprint density at radius 3 is 2.39 bits per heavy atom. The first-order chi connectivity index (χ1) is 17.2. The highest BCUT2D eigenvalue weighted by molar-refractivity contribution is 5.96. The van der Waals surface area contributed by atoms with Crippen LogP contribution in [0.1, 0.15) is 64.0 Å². The molecule has 0 aliphatic heterocycles. The highest BCUT2D eigenvalue weighted by Gasteiger charge is 2.36. The maximum atomic E-state index is 12.9. The van der Waals surface area contributed by atoms with Gasteiger partial charge in [0.15, 0.2) is 11.5 Å². The normalized spacial score (nSPS) is 21.1. The Bertz CT molecular complexity index is 1130. The molecule has 11 nitrogen and oxygen atoms in total. The van der Waals surface area contributed by atoms with Crippen LogP contribution in [0.4, 0.5) is 16.3 Å². The molecule has 0 radical (unpaired) electrons. The molecule has 3 N–H and O–H groups in total. The lowest BCUT2D eigenvalue weighted by Crippen LogP contribution is -2.36. The van der Waals surface area contributed by atoms with E-state index in [0.717, 1.165) is 38.5 Å². The second kappa shape index (κ2) is 11.0. The lowest BCUT2D eigenvalue weighted by molar-refractivity contribution is -0.147. The van der Waals surface area contributed by atoms with Crippen LogP contribution in [0.2, 0.25) is 0 Å². The van der Waals surface area contributed by atoms with E-state index >= 15 is 0 Å². The molecule has 2 heterocycles. The minimum atomic E-state index is -0.932. The van der Waals surface area contributed by atoms with Crippen molar-refractivity contribution in [3.63, 3.8) is 0 Å². The van der Waals surface area contributed by atoms with Crippen LogP contribution in [0, 0.1) is 24.7 Å². The quantitative estimate of drug-likeness (QED) is 0.516. The molecular weight excluding hydrogens is 464 g/mol. The molecule has 2 aromatic heterocycles. The molecule has 0 unspecified atom stereocenters. The van der Waals surface area contributed by atoms with Crippen LogP contribution in [0.5, 0.6) is 0 Å². The van der Waals surface area contributed by atoms with Crippen molar-refractivity contribution < 1.29 is 24.2 Å². The summed E-state index contributed by atoms with van der Waals surface area (Å²) in [5.74, 6) is -1.74. The highest BCUT2D eigenvalue weighted by atomic mass is 16.6. The number of anilines is 2. The number of ether oxygens (including phenoxy) is 1. The summed E-state index contributed by atoms with van der Waals surface area (Å²) in [6.45, 7) is 3.66. The average Bonchev–Trinajstić information content (AvgIpc) is 3.51. The first-order valence-electron chi connectivity index (χ1n) is 12.6. The van der Waals surface area contributed by atoms with Gasteiger partial charge < -0.3 is 15.2 Å². The summed E-state index contributed by atoms with van der Waals surface area (Å²) in [6, 6.07) is 3.38. The maximum absolute atomic E-state index is 12.9. The zero-order chi connectivity index (χ0) is 25.8. The van der Waals surface area contributed by atoms with Crippen LogP contribution < -0.4 is 10.6 Å². The smallest absolute Gasteiger partial charge is 0.413 e. The summed E-state index contributed by atoms with van der Waals surface area (Å²) in [4.78, 5) is 41.6. The first kappa shape index (κ1) is 25.6. The van der Waals surface area contributed by atoms with Crippen LogP contribution in [0.25, 0.3) is 11.4 Å². The standard InChI is InChI=1S/C25H34N6O5/c1-14-19(27-23(32)17-10-6-7-11-18(17)24(33)34)12-13-20(26-14)21-22(31(3)30-29-21)28-25(35)36-15(2)16-8-4-5-9-16/h12-13,15-18H,4-11H2,1-3H3,(H,27,32)(H,28,35)(H,33,34)/t15-,17+,18+/m1/s1. The zero-order valence-electron chi connectivity index (χ0n) is 21.0. The highest BCUT2D eigenvalue weighted by Crippen LogP contribution is 2.33. The predicted octanol–water partition coefficient (Wildman–Crippen LogP) is 4.14. The molecule has 11 heteroatoms. The van der Waals surface area contributed by atoms with Gasteiger partial charge in [0.05, 0.1) is 28.9 Å². The zero-order valence-corrected chi connectivity index (χ0v) is 21.0. The molecule has 2 fully saturated rings. The number of amides is 2. The number of hydrogen-bond donors (Lipinski definition) is 3. The van der Waals surface area contributed by atoms with Gasteiger partial charge in [0.2, 0.25) is 5.91 Å². The second-order valence-electron chi connectivity index (χ2n) is 9.84. The fourth-order valence-corrected chi connectivity index (χ4v) is 5.28. The number of hydrogen-bond acceptors (Lipinski definition) is 7. The Balaban J connectivity index is 1.45. The largest absolute Gasteiger partial charge is 0.481 e. The van der Waals surface area contributed by atoms with Crippen molar-refractivity contribution in [2.75, 3.05) is 10.6 Å². The minimum Gasteiger partial charge on any atom is -0.481 e. The van der Waals surface area contributed by atoms with Crippen LogP contribution >= 0.6 is 0 Å². The molecule has 2 aliphatic rings. The molecule has 4 rings (SSSR count). The lowest BCUT2D eigenvalue weighted by atomic mass is 9.78. The van der Waals surface area contributed by atoms with Crippen molar-refractivity contribution in [1.29, 1.82) is 0 Å². The average molecular weight is 499 g/mol. The van der Waals surface area contributed by atoms with Crippen molar-refractivity contribution in [2.24, 2.45) is 24.8 Å². The van der Waals surface area contributed by atoms with E-state index in [-0.39, 0.29) is 12.0 Å². The number of pyridine rings is 1. The Morgan fingerprint density at radius 1 is 1.06 bits per heavy atom. The Labute approximate surface area is 210 Å². The minimum absolute atomic E-state index is 0.176. The van der Waals surface area contributed by atoms with Gasteiger partial charge in [-0.1, -0.05) is 30.9 Å². The van der Waals surface area contributed by atoms with E-state index in [9.17, 15) is 19.5 Å². The molecular formula is C25H34N6O5. The number of aromatic nitrogens is 4.